The molecule has 10 nitrogen and oxygen atoms in total. The van der Waals surface area contributed by atoms with Crippen LogP contribution in [0, 0.1) is 31.8 Å². The van der Waals surface area contributed by atoms with E-state index in [4.69, 9.17) is 16.0 Å². The molecule has 10 heteroatoms. The molecule has 0 unspecified atom stereocenters. The molecular weight excluding hydrogens is 849 g/mol. The summed E-state index contributed by atoms with van der Waals surface area (Å²) < 4.78 is 12.2. The van der Waals surface area contributed by atoms with Gasteiger partial charge in [-0.1, -0.05) is 83.9 Å². The van der Waals surface area contributed by atoms with E-state index in [1.54, 1.807) is 30.3 Å². The number of carboxylic acids is 2. The molecule has 0 aliphatic carbocycles. The van der Waals surface area contributed by atoms with E-state index in [1.807, 2.05) is 159 Å². The molecule has 0 saturated carbocycles. The predicted octanol–water partition coefficient (Wildman–Crippen LogP) is 14.8. The second kappa shape index (κ2) is 20.5. The van der Waals surface area contributed by atoms with Crippen molar-refractivity contribution in [1.29, 1.82) is 5.26 Å². The summed E-state index contributed by atoms with van der Waals surface area (Å²) in [6, 6.07) is 64.1. The molecule has 2 N–H and O–H groups in total. The maximum Gasteiger partial charge on any atom is 0.346 e. The molecule has 0 bridgehead atoms. The number of carboxylic acid groups (broad SMARTS) is 2. The average molecular weight is 891 g/mol. The van der Waals surface area contributed by atoms with Gasteiger partial charge in [0.05, 0.1) is 6.57 Å². The number of nitriles is 1. The van der Waals surface area contributed by atoms with Gasteiger partial charge in [-0.05, 0) is 170 Å². The number of nitrogens with zero attached hydrogens (tertiary/aromatic N) is 4. The van der Waals surface area contributed by atoms with Crippen LogP contribution in [-0.2, 0) is 9.59 Å². The van der Waals surface area contributed by atoms with Crippen molar-refractivity contribution in [3.63, 3.8) is 0 Å². The number of hydrogen-bond acceptors (Lipinski definition) is 7. The van der Waals surface area contributed by atoms with Crippen molar-refractivity contribution in [2.24, 2.45) is 0 Å². The Kier molecular flexibility index (Phi) is 13.5. The molecule has 0 aliphatic heterocycles. The number of anilines is 6. The first kappa shape index (κ1) is 44.9. The lowest BCUT2D eigenvalue weighted by Crippen LogP contribution is -2.10. The number of hydrogen-bond donors (Lipinski definition) is 2. The Hall–Kier alpha value is -9.64. The summed E-state index contributed by atoms with van der Waals surface area (Å²) in [6.07, 6.45) is 2.69. The minimum atomic E-state index is -1.29. The Morgan fingerprint density at radius 2 is 0.765 bits per heavy atom. The highest BCUT2D eigenvalue weighted by Crippen LogP contribution is 2.40. The second-order valence-corrected chi connectivity index (χ2v) is 15.7. The van der Waals surface area contributed by atoms with Crippen LogP contribution in [0.1, 0.15) is 22.3 Å². The standard InChI is InChI=1S/C58H42N4O6/c1-39-4-28-52(29-5-39)67-54-32-24-50(25-33-54)61(46-16-8-41(9-17-46)36-45(38-59)57(63)64)48-20-12-43(13-21-48)44-14-22-49(23-15-44)62(47-18-10-42(11-19-47)37-56(60-3)58(65)66)51-26-34-55(35-27-51)68-53-30-6-40(2)7-31-53/h4-37H,1-2H3,(H,63,64)(H,65,66)/b45-36+,56-37?. The number of rotatable bonds is 15. The molecule has 0 fully saturated rings. The van der Waals surface area contributed by atoms with Crippen LogP contribution in [0.2, 0.25) is 0 Å². The molecule has 0 spiro atoms. The zero-order chi connectivity index (χ0) is 47.6. The lowest BCUT2D eigenvalue weighted by atomic mass is 10.0. The van der Waals surface area contributed by atoms with Gasteiger partial charge in [0.25, 0.3) is 5.70 Å². The Morgan fingerprint density at radius 1 is 0.471 bits per heavy atom. The Morgan fingerprint density at radius 3 is 1.06 bits per heavy atom. The zero-order valence-corrected chi connectivity index (χ0v) is 36.9. The van der Waals surface area contributed by atoms with Crippen molar-refractivity contribution >= 4 is 58.2 Å². The van der Waals surface area contributed by atoms with E-state index in [1.165, 1.54) is 12.2 Å². The van der Waals surface area contributed by atoms with Gasteiger partial charge < -0.3 is 29.5 Å². The molecular formula is C58H42N4O6. The van der Waals surface area contributed by atoms with Crippen LogP contribution in [0.5, 0.6) is 23.0 Å². The van der Waals surface area contributed by atoms with Crippen LogP contribution in [0.3, 0.4) is 0 Å². The fraction of sp³-hybridized carbons (Fsp3) is 0.0345. The van der Waals surface area contributed by atoms with Gasteiger partial charge in [-0.25, -0.2) is 9.64 Å². The van der Waals surface area contributed by atoms with Crippen molar-refractivity contribution in [2.45, 2.75) is 13.8 Å². The van der Waals surface area contributed by atoms with E-state index in [9.17, 15) is 25.1 Å². The summed E-state index contributed by atoms with van der Waals surface area (Å²) in [6.45, 7) is 11.3. The first-order chi connectivity index (χ1) is 33.0. The van der Waals surface area contributed by atoms with Gasteiger partial charge in [-0.3, -0.25) is 4.79 Å². The second-order valence-electron chi connectivity index (χ2n) is 15.7. The fourth-order valence-corrected chi connectivity index (χ4v) is 7.36. The third-order valence-electron chi connectivity index (χ3n) is 10.9. The highest BCUT2D eigenvalue weighted by molar-refractivity contribution is 5.96. The van der Waals surface area contributed by atoms with Gasteiger partial charge in [0.1, 0.15) is 34.6 Å². The first-order valence-electron chi connectivity index (χ1n) is 21.4. The van der Waals surface area contributed by atoms with Crippen molar-refractivity contribution < 1.29 is 29.3 Å². The monoisotopic (exact) mass is 890 g/mol. The highest BCUT2D eigenvalue weighted by atomic mass is 16.5. The summed E-state index contributed by atoms with van der Waals surface area (Å²) in [5, 5.41) is 28.1. The summed E-state index contributed by atoms with van der Waals surface area (Å²) >= 11 is 0. The van der Waals surface area contributed by atoms with Gasteiger partial charge in [0.15, 0.2) is 0 Å². The van der Waals surface area contributed by atoms with Crippen LogP contribution >= 0.6 is 0 Å². The molecule has 0 amide bonds. The van der Waals surface area contributed by atoms with Crippen LogP contribution in [0.25, 0.3) is 28.1 Å². The van der Waals surface area contributed by atoms with Gasteiger partial charge >= 0.3 is 11.9 Å². The van der Waals surface area contributed by atoms with E-state index in [2.05, 4.69) is 38.9 Å². The van der Waals surface area contributed by atoms with Crippen molar-refractivity contribution in [3.05, 3.63) is 239 Å². The molecule has 0 heterocycles. The lowest BCUT2D eigenvalue weighted by Gasteiger charge is -2.26. The smallest absolute Gasteiger partial charge is 0.346 e. The number of ether oxygens (including phenoxy) is 2. The van der Waals surface area contributed by atoms with Crippen molar-refractivity contribution in [1.82, 2.24) is 0 Å². The predicted molar refractivity (Wildman–Crippen MR) is 267 cm³/mol. The normalized spacial score (nSPS) is 11.2. The summed E-state index contributed by atoms with van der Waals surface area (Å²) in [5.74, 6) is 0.252. The maximum atomic E-state index is 11.5. The van der Waals surface area contributed by atoms with Crippen LogP contribution in [-0.4, -0.2) is 22.2 Å². The molecule has 0 aromatic heterocycles. The number of benzene rings is 8. The third kappa shape index (κ3) is 10.8. The number of aryl methyl sites for hydroxylation is 2. The van der Waals surface area contributed by atoms with Crippen LogP contribution in [0.4, 0.5) is 34.1 Å². The summed E-state index contributed by atoms with van der Waals surface area (Å²) in [4.78, 5) is 30.4. The summed E-state index contributed by atoms with van der Waals surface area (Å²) in [7, 11) is 0. The van der Waals surface area contributed by atoms with Gasteiger partial charge in [-0.15, -0.1) is 0 Å². The molecule has 0 saturated heterocycles. The molecule has 330 valence electrons. The van der Waals surface area contributed by atoms with Crippen molar-refractivity contribution in [2.75, 3.05) is 9.80 Å². The zero-order valence-electron chi connectivity index (χ0n) is 36.9. The lowest BCUT2D eigenvalue weighted by molar-refractivity contribution is -0.133. The molecule has 8 rings (SSSR count). The molecule has 0 radical (unpaired) electrons. The Bertz CT molecular complexity index is 2980. The van der Waals surface area contributed by atoms with Gasteiger partial charge in [-0.2, -0.15) is 5.26 Å². The topological polar surface area (TPSA) is 128 Å². The van der Waals surface area contributed by atoms with E-state index >= 15 is 0 Å². The molecule has 0 aliphatic rings. The van der Waals surface area contributed by atoms with Gasteiger partial charge in [0, 0.05) is 34.1 Å². The quantitative estimate of drug-likeness (QED) is 0.0587. The minimum Gasteiger partial charge on any atom is -0.486 e. The van der Waals surface area contributed by atoms with Crippen LogP contribution < -0.4 is 19.3 Å². The van der Waals surface area contributed by atoms with E-state index in [-0.39, 0.29) is 11.3 Å². The van der Waals surface area contributed by atoms with E-state index in [0.717, 1.165) is 67.9 Å². The molecule has 68 heavy (non-hydrogen) atoms. The Labute approximate surface area is 394 Å². The van der Waals surface area contributed by atoms with Crippen LogP contribution in [0.15, 0.2) is 205 Å². The molecule has 0 atom stereocenters. The largest absolute Gasteiger partial charge is 0.486 e. The van der Waals surface area contributed by atoms with Gasteiger partial charge in [0.2, 0.25) is 0 Å². The summed E-state index contributed by atoms with van der Waals surface area (Å²) in [5.41, 5.74) is 9.78. The van der Waals surface area contributed by atoms with Crippen molar-refractivity contribution in [3.8, 4) is 40.2 Å². The number of aliphatic carboxylic acids is 2. The molecule has 8 aromatic carbocycles. The first-order valence-corrected chi connectivity index (χ1v) is 21.4. The molecule has 8 aromatic rings. The number of carbonyl (C=O) groups is 2. The highest BCUT2D eigenvalue weighted by Gasteiger charge is 2.17. The third-order valence-corrected chi connectivity index (χ3v) is 10.9. The maximum absolute atomic E-state index is 11.5. The minimum absolute atomic E-state index is 0.355. The SMILES string of the molecule is [C-]#[N+]C(=Cc1ccc(N(c2ccc(Oc3ccc(C)cc3)cc2)c2ccc(-c3ccc(N(c4ccc(/C=C(\C#N)C(=O)O)cc4)c4ccc(Oc5ccc(C)cc5)cc4)cc3)cc2)cc1)C(=O)O. The fourth-order valence-electron chi connectivity index (χ4n) is 7.36. The van der Waals surface area contributed by atoms with E-state index < -0.39 is 11.9 Å². The Balaban J connectivity index is 1.09. The average Bonchev–Trinajstić information content (AvgIpc) is 3.36. The van der Waals surface area contributed by atoms with E-state index in [0.29, 0.717) is 22.6 Å².